The van der Waals surface area contributed by atoms with E-state index in [0.717, 1.165) is 9.37 Å². The van der Waals surface area contributed by atoms with Crippen LogP contribution in [0.5, 0.6) is 11.5 Å². The quantitative estimate of drug-likeness (QED) is 0.305. The summed E-state index contributed by atoms with van der Waals surface area (Å²) < 4.78 is 11.5. The fourth-order valence-electron chi connectivity index (χ4n) is 3.42. The Morgan fingerprint density at radius 1 is 1.05 bits per heavy atom. The number of amides is 5. The Morgan fingerprint density at radius 3 is 2.43 bits per heavy atom. The molecule has 1 fully saturated rings. The second-order valence-electron chi connectivity index (χ2n) is 7.68. The van der Waals surface area contributed by atoms with Crippen LogP contribution in [0.15, 0.2) is 76.8 Å². The number of carbonyl (C=O) groups excluding carboxylic acids is 4. The van der Waals surface area contributed by atoms with Crippen LogP contribution in [0.2, 0.25) is 5.02 Å². The molecule has 4 rings (SSSR count). The number of ether oxygens (including phenoxy) is 2. The number of rotatable bonds is 7. The summed E-state index contributed by atoms with van der Waals surface area (Å²) in [6.07, 6.45) is 1.26. The lowest BCUT2D eigenvalue weighted by Crippen LogP contribution is -2.54. The lowest BCUT2D eigenvalue weighted by Gasteiger charge is -2.26. The molecule has 3 aromatic rings. The highest BCUT2D eigenvalue weighted by Crippen LogP contribution is 2.28. The van der Waals surface area contributed by atoms with Crippen molar-refractivity contribution in [1.29, 1.82) is 0 Å². The standard InChI is InChI=1S/C26H19BrClN3O6/c1-36-20-9-5-18(6-10-20)29-23(32)14-37-22-11-4-17(28)12-15(22)13-21-24(33)30-26(35)31(25(21)34)19-7-2-16(27)3-8-19/h2-13H,14H2,1H3,(H,29,32)(H,30,33,35)/b21-13+. The number of barbiturate groups is 1. The number of nitrogens with zero attached hydrogens (tertiary/aromatic N) is 1. The van der Waals surface area contributed by atoms with E-state index in [-0.39, 0.29) is 29.2 Å². The first-order chi connectivity index (χ1) is 17.7. The van der Waals surface area contributed by atoms with Gasteiger partial charge in [0.05, 0.1) is 12.8 Å². The van der Waals surface area contributed by atoms with Crippen LogP contribution in [0.1, 0.15) is 5.56 Å². The van der Waals surface area contributed by atoms with Gasteiger partial charge in [0.2, 0.25) is 0 Å². The van der Waals surface area contributed by atoms with E-state index in [9.17, 15) is 19.2 Å². The van der Waals surface area contributed by atoms with Gasteiger partial charge >= 0.3 is 6.03 Å². The van der Waals surface area contributed by atoms with Crippen LogP contribution in [0, 0.1) is 0 Å². The number of carbonyl (C=O) groups is 4. The van der Waals surface area contributed by atoms with E-state index in [0.29, 0.717) is 16.5 Å². The van der Waals surface area contributed by atoms with Crippen molar-refractivity contribution >= 4 is 68.7 Å². The molecule has 0 unspecified atom stereocenters. The third-order valence-electron chi connectivity index (χ3n) is 5.19. The molecule has 0 radical (unpaired) electrons. The molecular formula is C26H19BrClN3O6. The number of anilines is 2. The highest BCUT2D eigenvalue weighted by atomic mass is 79.9. The van der Waals surface area contributed by atoms with Crippen LogP contribution in [-0.4, -0.2) is 37.5 Å². The fourth-order valence-corrected chi connectivity index (χ4v) is 3.86. The number of imide groups is 2. The number of halogens is 2. The summed E-state index contributed by atoms with van der Waals surface area (Å²) in [4.78, 5) is 51.4. The topological polar surface area (TPSA) is 114 Å². The van der Waals surface area contributed by atoms with E-state index in [1.807, 2.05) is 0 Å². The van der Waals surface area contributed by atoms with Gasteiger partial charge in [-0.1, -0.05) is 27.5 Å². The monoisotopic (exact) mass is 583 g/mol. The summed E-state index contributed by atoms with van der Waals surface area (Å²) in [5.41, 5.74) is 0.794. The molecule has 1 aliphatic heterocycles. The van der Waals surface area contributed by atoms with Crippen molar-refractivity contribution in [2.75, 3.05) is 23.9 Å². The number of methoxy groups -OCH3 is 1. The van der Waals surface area contributed by atoms with E-state index in [4.69, 9.17) is 21.1 Å². The van der Waals surface area contributed by atoms with Crippen molar-refractivity contribution in [1.82, 2.24) is 5.32 Å². The number of hydrogen-bond donors (Lipinski definition) is 2. The molecule has 3 aromatic carbocycles. The third kappa shape index (κ3) is 6.16. The Balaban J connectivity index is 1.55. The molecule has 1 saturated heterocycles. The smallest absolute Gasteiger partial charge is 0.335 e. The summed E-state index contributed by atoms with van der Waals surface area (Å²) in [6, 6.07) is 16.9. The second kappa shape index (κ2) is 11.3. The molecule has 188 valence electrons. The van der Waals surface area contributed by atoms with E-state index >= 15 is 0 Å². The zero-order valence-corrected chi connectivity index (χ0v) is 21.6. The molecule has 0 spiro atoms. The molecule has 37 heavy (non-hydrogen) atoms. The molecule has 0 saturated carbocycles. The Labute approximate surface area is 225 Å². The minimum Gasteiger partial charge on any atom is -0.497 e. The normalized spacial score (nSPS) is 14.4. The van der Waals surface area contributed by atoms with Gasteiger partial charge in [0.25, 0.3) is 17.7 Å². The van der Waals surface area contributed by atoms with E-state index < -0.39 is 23.8 Å². The molecule has 1 heterocycles. The first-order valence-electron chi connectivity index (χ1n) is 10.8. The molecule has 0 bridgehead atoms. The SMILES string of the molecule is COc1ccc(NC(=O)COc2ccc(Cl)cc2/C=C2\C(=O)NC(=O)N(c3ccc(Br)cc3)C2=O)cc1. The molecule has 5 amide bonds. The van der Waals surface area contributed by atoms with Gasteiger partial charge in [-0.2, -0.15) is 0 Å². The first-order valence-corrected chi connectivity index (χ1v) is 12.0. The van der Waals surface area contributed by atoms with Gasteiger partial charge < -0.3 is 14.8 Å². The Morgan fingerprint density at radius 2 is 1.76 bits per heavy atom. The van der Waals surface area contributed by atoms with Crippen LogP contribution in [0.3, 0.4) is 0 Å². The van der Waals surface area contributed by atoms with Crippen molar-refractivity contribution in [3.8, 4) is 11.5 Å². The van der Waals surface area contributed by atoms with Crippen molar-refractivity contribution < 1.29 is 28.7 Å². The maximum atomic E-state index is 13.2. The average molecular weight is 585 g/mol. The molecule has 2 N–H and O–H groups in total. The molecule has 0 aromatic heterocycles. The first kappa shape index (κ1) is 25.9. The fraction of sp³-hybridized carbons (Fsp3) is 0.0769. The third-order valence-corrected chi connectivity index (χ3v) is 5.95. The number of nitrogens with one attached hydrogen (secondary N) is 2. The van der Waals surface area contributed by atoms with Crippen molar-refractivity contribution in [2.24, 2.45) is 0 Å². The maximum absolute atomic E-state index is 13.2. The summed E-state index contributed by atoms with van der Waals surface area (Å²) >= 11 is 9.44. The van der Waals surface area contributed by atoms with Crippen LogP contribution in [0.4, 0.5) is 16.2 Å². The summed E-state index contributed by atoms with van der Waals surface area (Å²) in [5, 5.41) is 5.17. The van der Waals surface area contributed by atoms with Crippen LogP contribution < -0.4 is 25.0 Å². The molecule has 0 atom stereocenters. The van der Waals surface area contributed by atoms with Crippen LogP contribution in [-0.2, 0) is 14.4 Å². The number of benzene rings is 3. The lowest BCUT2D eigenvalue weighted by atomic mass is 10.1. The summed E-state index contributed by atoms with van der Waals surface area (Å²) in [6.45, 7) is -0.354. The van der Waals surface area contributed by atoms with Gasteiger partial charge in [-0.3, -0.25) is 19.7 Å². The Kier molecular flexibility index (Phi) is 7.90. The Bertz CT molecular complexity index is 1410. The summed E-state index contributed by atoms with van der Waals surface area (Å²) in [7, 11) is 1.54. The predicted octanol–water partition coefficient (Wildman–Crippen LogP) is 4.80. The molecule has 1 aliphatic rings. The van der Waals surface area contributed by atoms with Gasteiger partial charge in [-0.25, -0.2) is 9.69 Å². The Hall–Kier alpha value is -4.15. The van der Waals surface area contributed by atoms with Gasteiger partial charge in [0.1, 0.15) is 17.1 Å². The zero-order valence-electron chi connectivity index (χ0n) is 19.3. The average Bonchev–Trinajstić information content (AvgIpc) is 2.87. The van der Waals surface area contributed by atoms with Crippen LogP contribution in [0.25, 0.3) is 6.08 Å². The molecular weight excluding hydrogens is 566 g/mol. The minimum atomic E-state index is -0.869. The van der Waals surface area contributed by atoms with Gasteiger partial charge in [-0.15, -0.1) is 0 Å². The number of hydrogen-bond acceptors (Lipinski definition) is 6. The van der Waals surface area contributed by atoms with Crippen molar-refractivity contribution in [3.05, 3.63) is 87.4 Å². The maximum Gasteiger partial charge on any atom is 0.335 e. The highest BCUT2D eigenvalue weighted by molar-refractivity contribution is 9.10. The highest BCUT2D eigenvalue weighted by Gasteiger charge is 2.37. The van der Waals surface area contributed by atoms with Crippen molar-refractivity contribution in [3.63, 3.8) is 0 Å². The van der Waals surface area contributed by atoms with E-state index in [1.54, 1.807) is 61.7 Å². The predicted molar refractivity (Wildman–Crippen MR) is 142 cm³/mol. The molecule has 0 aliphatic carbocycles. The minimum absolute atomic E-state index is 0.203. The second-order valence-corrected chi connectivity index (χ2v) is 9.03. The molecule has 11 heteroatoms. The van der Waals surface area contributed by atoms with Crippen molar-refractivity contribution in [2.45, 2.75) is 0 Å². The lowest BCUT2D eigenvalue weighted by molar-refractivity contribution is -0.122. The number of urea groups is 1. The summed E-state index contributed by atoms with van der Waals surface area (Å²) in [5.74, 6) is -1.27. The van der Waals surface area contributed by atoms with E-state index in [2.05, 4.69) is 26.6 Å². The van der Waals surface area contributed by atoms with Gasteiger partial charge in [-0.05, 0) is 72.8 Å². The molecule has 9 nitrogen and oxygen atoms in total. The largest absolute Gasteiger partial charge is 0.497 e. The zero-order chi connectivity index (χ0) is 26.5. The van der Waals surface area contributed by atoms with E-state index in [1.165, 1.54) is 18.2 Å². The van der Waals surface area contributed by atoms with Gasteiger partial charge in [0, 0.05) is 20.7 Å². The van der Waals surface area contributed by atoms with Crippen LogP contribution >= 0.6 is 27.5 Å². The van der Waals surface area contributed by atoms with Gasteiger partial charge in [0.15, 0.2) is 6.61 Å².